The van der Waals surface area contributed by atoms with Crippen molar-refractivity contribution in [2.24, 2.45) is 0 Å². The van der Waals surface area contributed by atoms with E-state index in [1.165, 1.54) is 70.2 Å². The second-order valence-electron chi connectivity index (χ2n) is 10.8. The van der Waals surface area contributed by atoms with Gasteiger partial charge in [0.2, 0.25) is 0 Å². The van der Waals surface area contributed by atoms with Gasteiger partial charge in [-0.3, -0.25) is 0 Å². The maximum Gasteiger partial charge on any atom is 0.0320 e. The molecule has 5 aromatic rings. The predicted molar refractivity (Wildman–Crippen MR) is 174 cm³/mol. The third kappa shape index (κ3) is 6.29. The van der Waals surface area contributed by atoms with Crippen LogP contribution in [0.1, 0.15) is 50.7 Å². The van der Waals surface area contributed by atoms with E-state index in [0.29, 0.717) is 0 Å². The van der Waals surface area contributed by atoms with Crippen LogP contribution in [0.5, 0.6) is 0 Å². The Morgan fingerprint density at radius 2 is 0.825 bits per heavy atom. The summed E-state index contributed by atoms with van der Waals surface area (Å²) < 4.78 is 0. The Morgan fingerprint density at radius 3 is 1.35 bits per heavy atom. The molecule has 5 aromatic carbocycles. The van der Waals surface area contributed by atoms with Gasteiger partial charge in [0.25, 0.3) is 0 Å². The van der Waals surface area contributed by atoms with E-state index in [2.05, 4.69) is 105 Å². The van der Waals surface area contributed by atoms with Gasteiger partial charge in [0.1, 0.15) is 0 Å². The molecule has 0 spiro atoms. The fourth-order valence-corrected chi connectivity index (χ4v) is 5.37. The second-order valence-corrected chi connectivity index (χ2v) is 10.8. The quantitative estimate of drug-likeness (QED) is 0.179. The zero-order valence-corrected chi connectivity index (χ0v) is 23.8. The van der Waals surface area contributed by atoms with Crippen LogP contribution >= 0.6 is 0 Å². The number of benzene rings is 5. The lowest BCUT2D eigenvalue weighted by Gasteiger charge is -2.18. The summed E-state index contributed by atoms with van der Waals surface area (Å²) in [6, 6.07) is 39.3. The molecule has 5 rings (SSSR count). The number of nitrogens with two attached hydrogens (primary N) is 2. The molecule has 0 radical (unpaired) electrons. The van der Waals surface area contributed by atoms with Crippen molar-refractivity contribution in [2.75, 3.05) is 11.5 Å². The molecule has 4 N–H and O–H groups in total. The Morgan fingerprint density at radius 1 is 0.400 bits per heavy atom. The molecule has 0 aliphatic rings. The van der Waals surface area contributed by atoms with Crippen molar-refractivity contribution in [3.63, 3.8) is 0 Å². The Balaban J connectivity index is 1.63. The Hall–Kier alpha value is -4.30. The van der Waals surface area contributed by atoms with E-state index in [1.807, 2.05) is 18.2 Å². The van der Waals surface area contributed by atoms with Gasteiger partial charge in [-0.2, -0.15) is 0 Å². The van der Waals surface area contributed by atoms with Gasteiger partial charge in [0, 0.05) is 11.4 Å². The van der Waals surface area contributed by atoms with Gasteiger partial charge in [-0.1, -0.05) is 106 Å². The maximum absolute atomic E-state index is 6.35. The van der Waals surface area contributed by atoms with Crippen LogP contribution < -0.4 is 11.5 Å². The summed E-state index contributed by atoms with van der Waals surface area (Å²) in [5, 5.41) is 0. The molecule has 0 atom stereocenters. The number of nitrogen functional groups attached to an aromatic ring is 2. The van der Waals surface area contributed by atoms with Gasteiger partial charge in [-0.15, -0.1) is 0 Å². The number of hydrogen-bond donors (Lipinski definition) is 2. The largest absolute Gasteiger partial charge is 0.399 e. The molecule has 202 valence electrons. The zero-order valence-electron chi connectivity index (χ0n) is 23.8. The lowest BCUT2D eigenvalue weighted by Crippen LogP contribution is -1.94. The van der Waals surface area contributed by atoms with Crippen molar-refractivity contribution in [1.82, 2.24) is 0 Å². The fraction of sp³-hybridized carbons (Fsp3) is 0.211. The van der Waals surface area contributed by atoms with E-state index in [1.54, 1.807) is 0 Å². The van der Waals surface area contributed by atoms with Gasteiger partial charge < -0.3 is 11.5 Å². The van der Waals surface area contributed by atoms with Crippen LogP contribution in [-0.2, 0) is 12.8 Å². The minimum Gasteiger partial charge on any atom is -0.399 e. The monoisotopic (exact) mass is 524 g/mol. The molecule has 2 heteroatoms. The summed E-state index contributed by atoms with van der Waals surface area (Å²) in [6.45, 7) is 4.48. The van der Waals surface area contributed by atoms with E-state index in [9.17, 15) is 0 Å². The molecule has 0 fully saturated rings. The van der Waals surface area contributed by atoms with Crippen molar-refractivity contribution in [1.29, 1.82) is 0 Å². The molecular formula is C38H40N2. The second kappa shape index (κ2) is 12.7. The van der Waals surface area contributed by atoms with Crippen molar-refractivity contribution in [3.8, 4) is 44.5 Å². The standard InChI is InChI=1S/C38H40N2/c1-3-5-7-27-9-13-30(14-10-27)37-25-32(29-17-20-33(39)21-18-29)19-23-35(37)36-24-22-34(40)26-38(36)31-15-11-28(12-16-31)8-6-4-2/h9-26H,3-8,39-40H2,1-2H3. The fourth-order valence-electron chi connectivity index (χ4n) is 5.37. The van der Waals surface area contributed by atoms with Crippen LogP contribution in [0, 0.1) is 0 Å². The van der Waals surface area contributed by atoms with Gasteiger partial charge in [-0.25, -0.2) is 0 Å². The molecule has 0 saturated heterocycles. The highest BCUT2D eigenvalue weighted by Crippen LogP contribution is 2.41. The van der Waals surface area contributed by atoms with Crippen molar-refractivity contribution >= 4 is 11.4 Å². The average molecular weight is 525 g/mol. The molecule has 0 aromatic heterocycles. The molecule has 0 aliphatic carbocycles. The van der Waals surface area contributed by atoms with Crippen molar-refractivity contribution in [3.05, 3.63) is 120 Å². The third-order valence-electron chi connectivity index (χ3n) is 7.77. The van der Waals surface area contributed by atoms with Crippen LogP contribution in [0.15, 0.2) is 109 Å². The van der Waals surface area contributed by atoms with Gasteiger partial charge >= 0.3 is 0 Å². The third-order valence-corrected chi connectivity index (χ3v) is 7.77. The van der Waals surface area contributed by atoms with Crippen LogP contribution in [-0.4, -0.2) is 0 Å². The van der Waals surface area contributed by atoms with Crippen molar-refractivity contribution < 1.29 is 0 Å². The number of hydrogen-bond acceptors (Lipinski definition) is 2. The zero-order chi connectivity index (χ0) is 27.9. The highest BCUT2D eigenvalue weighted by molar-refractivity contribution is 5.94. The van der Waals surface area contributed by atoms with Crippen LogP contribution in [0.4, 0.5) is 11.4 Å². The van der Waals surface area contributed by atoms with Gasteiger partial charge in [-0.05, 0) is 112 Å². The van der Waals surface area contributed by atoms with Crippen LogP contribution in [0.3, 0.4) is 0 Å². The first-order chi connectivity index (χ1) is 19.6. The summed E-state index contributed by atoms with van der Waals surface area (Å²) in [5.74, 6) is 0. The molecule has 0 aliphatic heterocycles. The molecule has 0 bridgehead atoms. The predicted octanol–water partition coefficient (Wildman–Crippen LogP) is 10.2. The van der Waals surface area contributed by atoms with Crippen LogP contribution in [0.25, 0.3) is 44.5 Å². The summed E-state index contributed by atoms with van der Waals surface area (Å²) >= 11 is 0. The summed E-state index contributed by atoms with van der Waals surface area (Å²) in [6.07, 6.45) is 7.06. The maximum atomic E-state index is 6.35. The normalized spacial score (nSPS) is 11.1. The van der Waals surface area contributed by atoms with E-state index < -0.39 is 0 Å². The average Bonchev–Trinajstić information content (AvgIpc) is 3.00. The van der Waals surface area contributed by atoms with E-state index in [4.69, 9.17) is 11.5 Å². The molecule has 0 unspecified atom stereocenters. The van der Waals surface area contributed by atoms with E-state index in [0.717, 1.165) is 35.3 Å². The molecule has 2 nitrogen and oxygen atoms in total. The molecular weight excluding hydrogens is 484 g/mol. The molecule has 0 heterocycles. The number of anilines is 2. The van der Waals surface area contributed by atoms with E-state index >= 15 is 0 Å². The number of unbranched alkanes of at least 4 members (excludes halogenated alkanes) is 2. The lowest BCUT2D eigenvalue weighted by molar-refractivity contribution is 0.795. The van der Waals surface area contributed by atoms with E-state index in [-0.39, 0.29) is 0 Å². The summed E-state index contributed by atoms with van der Waals surface area (Å²) in [5.41, 5.74) is 26.1. The van der Waals surface area contributed by atoms with Crippen molar-refractivity contribution in [2.45, 2.75) is 52.4 Å². The minimum atomic E-state index is 0.772. The molecule has 0 amide bonds. The Labute approximate surface area is 239 Å². The first-order valence-electron chi connectivity index (χ1n) is 14.6. The highest BCUT2D eigenvalue weighted by atomic mass is 14.5. The van der Waals surface area contributed by atoms with Crippen LogP contribution in [0.2, 0.25) is 0 Å². The number of rotatable bonds is 10. The first kappa shape index (κ1) is 27.3. The van der Waals surface area contributed by atoms with Gasteiger partial charge in [0.15, 0.2) is 0 Å². The Kier molecular flexibility index (Phi) is 8.66. The highest BCUT2D eigenvalue weighted by Gasteiger charge is 2.15. The SMILES string of the molecule is CCCCc1ccc(-c2cc(N)ccc2-c2ccc(-c3ccc(N)cc3)cc2-c2ccc(CCCC)cc2)cc1. The smallest absolute Gasteiger partial charge is 0.0320 e. The van der Waals surface area contributed by atoms with Gasteiger partial charge in [0.05, 0.1) is 0 Å². The summed E-state index contributed by atoms with van der Waals surface area (Å²) in [7, 11) is 0. The Bertz CT molecular complexity index is 1550. The molecule has 40 heavy (non-hydrogen) atoms. The minimum absolute atomic E-state index is 0.772. The summed E-state index contributed by atoms with van der Waals surface area (Å²) in [4.78, 5) is 0. The first-order valence-corrected chi connectivity index (χ1v) is 14.6. The number of aryl methyl sites for hydroxylation is 2. The molecule has 0 saturated carbocycles. The topological polar surface area (TPSA) is 52.0 Å². The lowest BCUT2D eigenvalue weighted by atomic mass is 9.86.